The van der Waals surface area contributed by atoms with Gasteiger partial charge in [0.25, 0.3) is 5.91 Å². The Morgan fingerprint density at radius 1 is 1.37 bits per heavy atom. The molecule has 5 heteroatoms. The van der Waals surface area contributed by atoms with Crippen LogP contribution in [0.1, 0.15) is 29.3 Å². The van der Waals surface area contributed by atoms with E-state index in [9.17, 15) is 9.59 Å². The molecule has 0 aromatic carbocycles. The molecular weight excluding hydrogens is 244 g/mol. The number of pyridine rings is 1. The summed E-state index contributed by atoms with van der Waals surface area (Å²) in [6.07, 6.45) is 3.85. The molecule has 2 rings (SSSR count). The van der Waals surface area contributed by atoms with Crippen LogP contribution in [0.15, 0.2) is 18.5 Å². The third-order valence-electron chi connectivity index (χ3n) is 3.42. The first kappa shape index (κ1) is 13.5. The number of aliphatic carboxylic acids is 1. The van der Waals surface area contributed by atoms with Crippen molar-refractivity contribution in [3.05, 3.63) is 29.6 Å². The van der Waals surface area contributed by atoms with Crippen LogP contribution in [-0.2, 0) is 4.79 Å². The highest BCUT2D eigenvalue weighted by Crippen LogP contribution is 2.23. The number of amides is 1. The van der Waals surface area contributed by atoms with Gasteiger partial charge in [0.15, 0.2) is 0 Å². The Morgan fingerprint density at radius 2 is 2.11 bits per heavy atom. The molecule has 0 saturated carbocycles. The fraction of sp³-hybridized carbons (Fsp3) is 0.500. The van der Waals surface area contributed by atoms with Gasteiger partial charge in [0.1, 0.15) is 0 Å². The van der Waals surface area contributed by atoms with E-state index in [2.05, 4.69) is 4.98 Å². The number of rotatable bonds is 2. The number of aryl methyl sites for hydroxylation is 1. The van der Waals surface area contributed by atoms with E-state index in [1.807, 2.05) is 13.8 Å². The monoisotopic (exact) mass is 262 g/mol. The first-order valence-electron chi connectivity index (χ1n) is 6.41. The molecule has 19 heavy (non-hydrogen) atoms. The third-order valence-corrected chi connectivity index (χ3v) is 3.42. The maximum atomic E-state index is 12.4. The van der Waals surface area contributed by atoms with Gasteiger partial charge in [-0.25, -0.2) is 0 Å². The van der Waals surface area contributed by atoms with E-state index in [0.717, 1.165) is 5.56 Å². The van der Waals surface area contributed by atoms with Gasteiger partial charge in [0.05, 0.1) is 11.5 Å². The molecule has 0 bridgehead atoms. The number of hydrogen-bond acceptors (Lipinski definition) is 3. The van der Waals surface area contributed by atoms with Crippen molar-refractivity contribution in [1.29, 1.82) is 0 Å². The van der Waals surface area contributed by atoms with Crippen LogP contribution in [0, 0.1) is 18.8 Å². The van der Waals surface area contributed by atoms with Crippen LogP contribution >= 0.6 is 0 Å². The van der Waals surface area contributed by atoms with Gasteiger partial charge in [-0.2, -0.15) is 0 Å². The lowest BCUT2D eigenvalue weighted by atomic mass is 9.90. The molecule has 0 spiro atoms. The summed E-state index contributed by atoms with van der Waals surface area (Å²) in [5.74, 6) is -1.22. The molecule has 2 atom stereocenters. The molecule has 102 valence electrons. The minimum absolute atomic E-state index is 0.131. The summed E-state index contributed by atoms with van der Waals surface area (Å²) in [6.45, 7) is 4.75. The number of hydrogen-bond donors (Lipinski definition) is 1. The Balaban J connectivity index is 2.16. The Labute approximate surface area is 112 Å². The highest BCUT2D eigenvalue weighted by molar-refractivity contribution is 5.94. The molecule has 2 unspecified atom stereocenters. The van der Waals surface area contributed by atoms with E-state index >= 15 is 0 Å². The predicted molar refractivity (Wildman–Crippen MR) is 69.8 cm³/mol. The molecule has 2 heterocycles. The van der Waals surface area contributed by atoms with E-state index in [1.54, 1.807) is 17.2 Å². The highest BCUT2D eigenvalue weighted by Gasteiger charge is 2.32. The molecule has 1 amide bonds. The van der Waals surface area contributed by atoms with Gasteiger partial charge in [-0.3, -0.25) is 14.6 Å². The maximum absolute atomic E-state index is 12.4. The fourth-order valence-corrected chi connectivity index (χ4v) is 2.55. The molecule has 1 aliphatic rings. The second kappa shape index (κ2) is 5.38. The number of carbonyl (C=O) groups is 2. The lowest BCUT2D eigenvalue weighted by molar-refractivity contribution is -0.143. The van der Waals surface area contributed by atoms with Crippen molar-refractivity contribution in [2.24, 2.45) is 11.8 Å². The second-order valence-electron chi connectivity index (χ2n) is 5.34. The first-order valence-corrected chi connectivity index (χ1v) is 6.41. The first-order chi connectivity index (χ1) is 8.97. The number of carbonyl (C=O) groups excluding carboxylic acids is 1. The summed E-state index contributed by atoms with van der Waals surface area (Å²) >= 11 is 0. The lowest BCUT2D eigenvalue weighted by Gasteiger charge is -2.34. The Hall–Kier alpha value is -1.91. The van der Waals surface area contributed by atoms with Crippen LogP contribution in [0.4, 0.5) is 0 Å². The van der Waals surface area contributed by atoms with E-state index in [4.69, 9.17) is 5.11 Å². The van der Waals surface area contributed by atoms with E-state index < -0.39 is 11.9 Å². The summed E-state index contributed by atoms with van der Waals surface area (Å²) in [5.41, 5.74) is 1.45. The number of piperidine rings is 1. The van der Waals surface area contributed by atoms with Gasteiger partial charge in [-0.05, 0) is 30.9 Å². The molecule has 1 aromatic rings. The molecule has 1 N–H and O–H groups in total. The van der Waals surface area contributed by atoms with Crippen LogP contribution in [0.2, 0.25) is 0 Å². The lowest BCUT2D eigenvalue weighted by Crippen LogP contribution is -2.45. The average Bonchev–Trinajstić information content (AvgIpc) is 2.37. The summed E-state index contributed by atoms with van der Waals surface area (Å²) in [5, 5.41) is 9.12. The van der Waals surface area contributed by atoms with Crippen molar-refractivity contribution in [3.63, 3.8) is 0 Å². The van der Waals surface area contributed by atoms with Crippen LogP contribution in [0.25, 0.3) is 0 Å². The van der Waals surface area contributed by atoms with Gasteiger partial charge in [-0.1, -0.05) is 6.92 Å². The number of carboxylic acids is 1. The number of aromatic nitrogens is 1. The largest absolute Gasteiger partial charge is 0.481 e. The zero-order valence-corrected chi connectivity index (χ0v) is 11.2. The summed E-state index contributed by atoms with van der Waals surface area (Å²) < 4.78 is 0. The number of likely N-dealkylation sites (tertiary alicyclic amines) is 1. The van der Waals surface area contributed by atoms with Crippen LogP contribution in [0.5, 0.6) is 0 Å². The molecule has 1 aliphatic heterocycles. The minimum atomic E-state index is -0.827. The molecular formula is C14H18N2O3. The normalized spacial score (nSPS) is 23.2. The second-order valence-corrected chi connectivity index (χ2v) is 5.34. The minimum Gasteiger partial charge on any atom is -0.481 e. The molecule has 0 radical (unpaired) electrons. The van der Waals surface area contributed by atoms with E-state index in [-0.39, 0.29) is 18.4 Å². The summed E-state index contributed by atoms with van der Waals surface area (Å²) in [4.78, 5) is 29.1. The maximum Gasteiger partial charge on any atom is 0.308 e. The van der Waals surface area contributed by atoms with Gasteiger partial charge in [-0.15, -0.1) is 0 Å². The number of nitrogens with zero attached hydrogens (tertiary/aromatic N) is 2. The van der Waals surface area contributed by atoms with Crippen molar-refractivity contribution >= 4 is 11.9 Å². The average molecular weight is 262 g/mol. The molecule has 0 aliphatic carbocycles. The topological polar surface area (TPSA) is 70.5 Å². The van der Waals surface area contributed by atoms with Crippen molar-refractivity contribution in [3.8, 4) is 0 Å². The van der Waals surface area contributed by atoms with Gasteiger partial charge in [0, 0.05) is 25.5 Å². The van der Waals surface area contributed by atoms with Gasteiger partial charge in [0.2, 0.25) is 0 Å². The van der Waals surface area contributed by atoms with Crippen molar-refractivity contribution < 1.29 is 14.7 Å². The molecule has 1 saturated heterocycles. The van der Waals surface area contributed by atoms with Crippen LogP contribution in [0.3, 0.4) is 0 Å². The van der Waals surface area contributed by atoms with Crippen molar-refractivity contribution in [1.82, 2.24) is 9.88 Å². The van der Waals surface area contributed by atoms with Gasteiger partial charge < -0.3 is 10.0 Å². The Bertz CT molecular complexity index is 501. The van der Waals surface area contributed by atoms with Crippen LogP contribution < -0.4 is 0 Å². The van der Waals surface area contributed by atoms with Crippen LogP contribution in [-0.4, -0.2) is 40.0 Å². The predicted octanol–water partition coefficient (Wildman–Crippen LogP) is 1.57. The molecule has 1 aromatic heterocycles. The molecule has 1 fully saturated rings. The third kappa shape index (κ3) is 3.10. The van der Waals surface area contributed by atoms with Crippen molar-refractivity contribution in [2.45, 2.75) is 20.3 Å². The van der Waals surface area contributed by atoms with E-state index in [1.165, 1.54) is 6.20 Å². The highest BCUT2D eigenvalue weighted by atomic mass is 16.4. The van der Waals surface area contributed by atoms with Crippen molar-refractivity contribution in [2.75, 3.05) is 13.1 Å². The Kier molecular flexibility index (Phi) is 3.83. The Morgan fingerprint density at radius 3 is 2.74 bits per heavy atom. The van der Waals surface area contributed by atoms with Gasteiger partial charge >= 0.3 is 5.97 Å². The quantitative estimate of drug-likeness (QED) is 0.878. The smallest absolute Gasteiger partial charge is 0.308 e. The zero-order valence-electron chi connectivity index (χ0n) is 11.2. The summed E-state index contributed by atoms with van der Waals surface area (Å²) in [6, 6.07) is 1.78. The number of carboxylic acid groups (broad SMARTS) is 1. The molecule has 5 nitrogen and oxygen atoms in total. The standard InChI is InChI=1S/C14H18N2O3/c1-9-3-11(6-15-5-9)13(17)16-7-10(2)4-12(8-16)14(18)19/h3,5-6,10,12H,4,7-8H2,1-2H3,(H,18,19). The zero-order chi connectivity index (χ0) is 14.0. The summed E-state index contributed by atoms with van der Waals surface area (Å²) in [7, 11) is 0. The fourth-order valence-electron chi connectivity index (χ4n) is 2.55. The van der Waals surface area contributed by atoms with E-state index in [0.29, 0.717) is 18.5 Å². The SMILES string of the molecule is Cc1cncc(C(=O)N2CC(C)CC(C(=O)O)C2)c1.